The van der Waals surface area contributed by atoms with Crippen molar-refractivity contribution in [2.24, 2.45) is 0 Å². The van der Waals surface area contributed by atoms with Crippen molar-refractivity contribution in [3.63, 3.8) is 0 Å². The van der Waals surface area contributed by atoms with Crippen LogP contribution in [0.1, 0.15) is 54.5 Å². The van der Waals surface area contributed by atoms with Crippen molar-refractivity contribution in [3.05, 3.63) is 70.9 Å². The van der Waals surface area contributed by atoms with Crippen LogP contribution in [-0.4, -0.2) is 23.0 Å². The van der Waals surface area contributed by atoms with Crippen molar-refractivity contribution >= 4 is 17.5 Å². The second-order valence-corrected chi connectivity index (χ2v) is 9.02. The number of esters is 1. The summed E-state index contributed by atoms with van der Waals surface area (Å²) in [7, 11) is 1.49. The molecule has 2 aromatic carbocycles. The van der Waals surface area contributed by atoms with Crippen LogP contribution < -0.4 is 5.32 Å². The van der Waals surface area contributed by atoms with Gasteiger partial charge >= 0.3 is 5.97 Å². The number of anilines is 2. The second kappa shape index (κ2) is 8.38. The molecule has 1 N–H and O–H groups in total. The van der Waals surface area contributed by atoms with Crippen molar-refractivity contribution < 1.29 is 9.53 Å². The van der Waals surface area contributed by atoms with Gasteiger partial charge in [0.25, 0.3) is 0 Å². The first kappa shape index (κ1) is 20.7. The Bertz CT molecular complexity index is 1130. The molecular weight excluding hydrogens is 398 g/mol. The topological polar surface area (TPSA) is 64.1 Å². The van der Waals surface area contributed by atoms with E-state index in [1.54, 1.807) is 0 Å². The lowest BCUT2D eigenvalue weighted by molar-refractivity contribution is -0.147. The summed E-state index contributed by atoms with van der Waals surface area (Å²) in [5, 5.41) is 3.53. The van der Waals surface area contributed by atoms with Gasteiger partial charge in [0.05, 0.1) is 12.5 Å². The van der Waals surface area contributed by atoms with Crippen molar-refractivity contribution in [1.29, 1.82) is 0 Å². The van der Waals surface area contributed by atoms with Gasteiger partial charge in [-0.25, -0.2) is 9.97 Å². The smallest absolute Gasteiger partial charge is 0.316 e. The van der Waals surface area contributed by atoms with Gasteiger partial charge in [-0.1, -0.05) is 54.8 Å². The maximum absolute atomic E-state index is 12.6. The number of rotatable bonds is 5. The second-order valence-electron chi connectivity index (χ2n) is 9.02. The standard InChI is InChI=1S/C27H29N3O2/c1-18-8-10-19(11-9-18)24-29-23-7-5-6-22(23)25(30-24)28-21-14-12-20(13-15-21)27(26(31)32-2)16-3-4-17-27/h8-15H,3-7,16-17H2,1-2H3,(H,28,29,30). The molecule has 2 aliphatic rings. The number of benzene rings is 2. The van der Waals surface area contributed by atoms with E-state index in [2.05, 4.69) is 48.6 Å². The van der Waals surface area contributed by atoms with Gasteiger partial charge in [-0.2, -0.15) is 0 Å². The summed E-state index contributed by atoms with van der Waals surface area (Å²) in [6.07, 6.45) is 6.92. The average molecular weight is 428 g/mol. The fraction of sp³-hybridized carbons (Fsp3) is 0.370. The van der Waals surface area contributed by atoms with Gasteiger partial charge in [0.1, 0.15) is 5.82 Å². The van der Waals surface area contributed by atoms with Crippen LogP contribution in [0.4, 0.5) is 11.5 Å². The van der Waals surface area contributed by atoms with Crippen LogP contribution in [0.2, 0.25) is 0 Å². The Morgan fingerprint density at radius 3 is 2.34 bits per heavy atom. The molecule has 0 radical (unpaired) electrons. The summed E-state index contributed by atoms with van der Waals surface area (Å²) < 4.78 is 5.16. The highest BCUT2D eigenvalue weighted by molar-refractivity contribution is 5.83. The van der Waals surface area contributed by atoms with Crippen molar-refractivity contribution in [2.45, 2.75) is 57.3 Å². The minimum absolute atomic E-state index is 0.118. The average Bonchev–Trinajstić information content (AvgIpc) is 3.50. The number of carbonyl (C=O) groups is 1. The monoisotopic (exact) mass is 427 g/mol. The lowest BCUT2D eigenvalue weighted by Gasteiger charge is -2.26. The van der Waals surface area contributed by atoms with Gasteiger partial charge in [-0.3, -0.25) is 4.79 Å². The summed E-state index contributed by atoms with van der Waals surface area (Å²) in [5.41, 5.74) is 6.12. The van der Waals surface area contributed by atoms with Gasteiger partial charge in [0, 0.05) is 22.5 Å². The van der Waals surface area contributed by atoms with Crippen molar-refractivity contribution in [3.8, 4) is 11.4 Å². The van der Waals surface area contributed by atoms with E-state index in [4.69, 9.17) is 14.7 Å². The molecule has 0 atom stereocenters. The molecule has 3 aromatic rings. The van der Waals surface area contributed by atoms with Crippen LogP contribution in [0, 0.1) is 6.92 Å². The molecular formula is C27H29N3O2. The van der Waals surface area contributed by atoms with E-state index in [-0.39, 0.29) is 5.97 Å². The summed E-state index contributed by atoms with van der Waals surface area (Å²) >= 11 is 0. The molecule has 5 heteroatoms. The van der Waals surface area contributed by atoms with E-state index in [1.807, 2.05) is 12.1 Å². The van der Waals surface area contributed by atoms with Crippen LogP contribution in [0.15, 0.2) is 48.5 Å². The highest BCUT2D eigenvalue weighted by Gasteiger charge is 2.43. The van der Waals surface area contributed by atoms with E-state index in [9.17, 15) is 4.79 Å². The zero-order valence-electron chi connectivity index (χ0n) is 18.8. The third-order valence-electron chi connectivity index (χ3n) is 6.98. The third-order valence-corrected chi connectivity index (χ3v) is 6.98. The quantitative estimate of drug-likeness (QED) is 0.532. The molecule has 0 amide bonds. The highest BCUT2D eigenvalue weighted by Crippen LogP contribution is 2.42. The van der Waals surface area contributed by atoms with Gasteiger partial charge in [-0.15, -0.1) is 0 Å². The Kier molecular flexibility index (Phi) is 5.41. The number of carbonyl (C=O) groups excluding carboxylic acids is 1. The SMILES string of the molecule is COC(=O)C1(c2ccc(Nc3nc(-c4ccc(C)cc4)nc4c3CCC4)cc2)CCCC1. The van der Waals surface area contributed by atoms with Crippen LogP contribution >= 0.6 is 0 Å². The number of aromatic nitrogens is 2. The summed E-state index contributed by atoms with van der Waals surface area (Å²) in [6.45, 7) is 2.08. The zero-order chi connectivity index (χ0) is 22.1. The highest BCUT2D eigenvalue weighted by atomic mass is 16.5. The van der Waals surface area contributed by atoms with E-state index >= 15 is 0 Å². The molecule has 1 fully saturated rings. The Balaban J connectivity index is 1.45. The van der Waals surface area contributed by atoms with E-state index in [0.29, 0.717) is 0 Å². The number of hydrogen-bond acceptors (Lipinski definition) is 5. The van der Waals surface area contributed by atoms with Crippen LogP contribution in [0.5, 0.6) is 0 Å². The molecule has 0 spiro atoms. The normalized spacial score (nSPS) is 16.6. The lowest BCUT2D eigenvalue weighted by Crippen LogP contribution is -2.33. The van der Waals surface area contributed by atoms with Crippen molar-refractivity contribution in [2.75, 3.05) is 12.4 Å². The largest absolute Gasteiger partial charge is 0.468 e. The molecule has 0 aliphatic heterocycles. The fourth-order valence-corrected chi connectivity index (χ4v) is 5.16. The summed E-state index contributed by atoms with van der Waals surface area (Å²) in [6, 6.07) is 16.6. The number of nitrogens with one attached hydrogen (secondary N) is 1. The Morgan fingerprint density at radius 2 is 1.66 bits per heavy atom. The molecule has 164 valence electrons. The predicted octanol–water partition coefficient (Wildman–Crippen LogP) is 5.67. The zero-order valence-corrected chi connectivity index (χ0v) is 18.8. The number of ether oxygens (including phenoxy) is 1. The number of hydrogen-bond donors (Lipinski definition) is 1. The van der Waals surface area contributed by atoms with E-state index < -0.39 is 5.41 Å². The number of aryl methyl sites for hydroxylation is 2. The first-order valence-electron chi connectivity index (χ1n) is 11.5. The van der Waals surface area contributed by atoms with Crippen LogP contribution in [0.3, 0.4) is 0 Å². The van der Waals surface area contributed by atoms with Gasteiger partial charge in [0.15, 0.2) is 5.82 Å². The Hall–Kier alpha value is -3.21. The Labute approximate surface area is 189 Å². The van der Waals surface area contributed by atoms with Crippen LogP contribution in [-0.2, 0) is 27.8 Å². The van der Waals surface area contributed by atoms with E-state index in [0.717, 1.165) is 79.1 Å². The van der Waals surface area contributed by atoms with Gasteiger partial charge in [-0.05, 0) is 56.7 Å². The van der Waals surface area contributed by atoms with E-state index in [1.165, 1.54) is 18.2 Å². The molecule has 0 saturated heterocycles. The molecule has 1 aromatic heterocycles. The first-order valence-corrected chi connectivity index (χ1v) is 11.5. The fourth-order valence-electron chi connectivity index (χ4n) is 5.16. The molecule has 5 nitrogen and oxygen atoms in total. The Morgan fingerprint density at radius 1 is 0.938 bits per heavy atom. The molecule has 32 heavy (non-hydrogen) atoms. The third kappa shape index (κ3) is 3.66. The molecule has 5 rings (SSSR count). The number of methoxy groups -OCH3 is 1. The number of nitrogens with zero attached hydrogens (tertiary/aromatic N) is 2. The minimum atomic E-state index is -0.498. The maximum atomic E-state index is 12.6. The summed E-state index contributed by atoms with van der Waals surface area (Å²) in [4.78, 5) is 22.3. The predicted molar refractivity (Wildman–Crippen MR) is 126 cm³/mol. The summed E-state index contributed by atoms with van der Waals surface area (Å²) in [5.74, 6) is 1.53. The minimum Gasteiger partial charge on any atom is -0.468 e. The maximum Gasteiger partial charge on any atom is 0.316 e. The first-order chi connectivity index (χ1) is 15.6. The van der Waals surface area contributed by atoms with Gasteiger partial charge < -0.3 is 10.1 Å². The molecule has 1 saturated carbocycles. The number of fused-ring (bicyclic) bond motifs is 1. The molecule has 0 unspecified atom stereocenters. The lowest BCUT2D eigenvalue weighted by atomic mass is 9.79. The molecule has 0 bridgehead atoms. The van der Waals surface area contributed by atoms with Gasteiger partial charge in [0.2, 0.25) is 0 Å². The molecule has 2 aliphatic carbocycles. The van der Waals surface area contributed by atoms with Crippen LogP contribution in [0.25, 0.3) is 11.4 Å². The molecule has 1 heterocycles. The van der Waals surface area contributed by atoms with Crippen molar-refractivity contribution in [1.82, 2.24) is 9.97 Å².